The Morgan fingerprint density at radius 3 is 3.00 bits per heavy atom. The third kappa shape index (κ3) is 1.44. The van der Waals surface area contributed by atoms with Crippen molar-refractivity contribution in [3.8, 4) is 0 Å². The second-order valence-corrected chi connectivity index (χ2v) is 3.18. The molecule has 0 atom stereocenters. The van der Waals surface area contributed by atoms with E-state index in [1.165, 1.54) is 4.70 Å². The van der Waals surface area contributed by atoms with Gasteiger partial charge in [-0.3, -0.25) is 4.98 Å². The number of fused-ring (bicyclic) bond motifs is 1. The van der Waals surface area contributed by atoms with Gasteiger partial charge in [0.25, 0.3) is 0 Å². The van der Waals surface area contributed by atoms with Gasteiger partial charge in [0.05, 0.1) is 5.00 Å². The van der Waals surface area contributed by atoms with Crippen LogP contribution in [0.2, 0.25) is 0 Å². The molecule has 0 saturated heterocycles. The number of anilines is 1. The molecular weight excluding hydrogens is 180 g/mol. The monoisotopic (exact) mass is 186 g/mol. The Hall–Kier alpha value is -0.800. The van der Waals surface area contributed by atoms with Gasteiger partial charge in [-0.15, -0.1) is 23.7 Å². The smallest absolute Gasteiger partial charge is 0.0869 e. The summed E-state index contributed by atoms with van der Waals surface area (Å²) in [7, 11) is 0. The molecule has 2 aromatic heterocycles. The molecule has 0 aliphatic rings. The van der Waals surface area contributed by atoms with Gasteiger partial charge in [-0.1, -0.05) is 0 Å². The normalized spacial score (nSPS) is 9.45. The largest absolute Gasteiger partial charge is 0.391 e. The van der Waals surface area contributed by atoms with E-state index in [1.807, 2.05) is 18.3 Å². The van der Waals surface area contributed by atoms with E-state index >= 15 is 0 Å². The third-order valence-electron chi connectivity index (χ3n) is 1.34. The highest BCUT2D eigenvalue weighted by atomic mass is 35.5. The van der Waals surface area contributed by atoms with Gasteiger partial charge in [0.1, 0.15) is 0 Å². The molecule has 2 heterocycles. The summed E-state index contributed by atoms with van der Waals surface area (Å²) in [6.07, 6.45) is 3.60. The van der Waals surface area contributed by atoms with Crippen LogP contribution in [0.15, 0.2) is 24.5 Å². The van der Waals surface area contributed by atoms with Crippen LogP contribution >= 0.6 is 23.7 Å². The van der Waals surface area contributed by atoms with E-state index in [0.717, 1.165) is 10.4 Å². The molecule has 0 aliphatic heterocycles. The van der Waals surface area contributed by atoms with Crippen LogP contribution < -0.4 is 5.73 Å². The predicted molar refractivity (Wildman–Crippen MR) is 51.3 cm³/mol. The van der Waals surface area contributed by atoms with Gasteiger partial charge in [0.2, 0.25) is 0 Å². The summed E-state index contributed by atoms with van der Waals surface area (Å²) in [5.41, 5.74) is 5.58. The van der Waals surface area contributed by atoms with Gasteiger partial charge < -0.3 is 5.73 Å². The fourth-order valence-corrected chi connectivity index (χ4v) is 1.70. The molecule has 0 unspecified atom stereocenters. The number of pyridine rings is 1. The van der Waals surface area contributed by atoms with E-state index in [0.29, 0.717) is 0 Å². The molecule has 0 radical (unpaired) electrons. The lowest BCUT2D eigenvalue weighted by Gasteiger charge is -1.81. The predicted octanol–water partition coefficient (Wildman–Crippen LogP) is 2.30. The zero-order valence-corrected chi connectivity index (χ0v) is 7.28. The first kappa shape index (κ1) is 8.30. The summed E-state index contributed by atoms with van der Waals surface area (Å²) < 4.78 is 1.20. The fraction of sp³-hybridized carbons (Fsp3) is 0. The van der Waals surface area contributed by atoms with E-state index in [9.17, 15) is 0 Å². The first-order valence-corrected chi connectivity index (χ1v) is 3.77. The maximum absolute atomic E-state index is 5.58. The first-order chi connectivity index (χ1) is 4.86. The van der Waals surface area contributed by atoms with E-state index in [1.54, 1.807) is 17.5 Å². The van der Waals surface area contributed by atoms with Crippen molar-refractivity contribution in [1.82, 2.24) is 4.98 Å². The van der Waals surface area contributed by atoms with Crippen LogP contribution in [0, 0.1) is 0 Å². The van der Waals surface area contributed by atoms with Crippen LogP contribution in [0.25, 0.3) is 10.1 Å². The minimum atomic E-state index is 0. The summed E-state index contributed by atoms with van der Waals surface area (Å²) in [6, 6.07) is 3.91. The molecule has 0 amide bonds. The molecular formula is C7H7ClN2S. The first-order valence-electron chi connectivity index (χ1n) is 2.95. The number of nitrogen functional groups attached to an aromatic ring is 1. The van der Waals surface area contributed by atoms with Gasteiger partial charge >= 0.3 is 0 Å². The van der Waals surface area contributed by atoms with Crippen LogP contribution in [0.3, 0.4) is 0 Å². The molecule has 0 spiro atoms. The van der Waals surface area contributed by atoms with Crippen molar-refractivity contribution in [2.45, 2.75) is 0 Å². The lowest BCUT2D eigenvalue weighted by atomic mass is 10.3. The number of rotatable bonds is 0. The van der Waals surface area contributed by atoms with Crippen molar-refractivity contribution in [3.63, 3.8) is 0 Å². The number of nitrogens with zero attached hydrogens (tertiary/aromatic N) is 1. The third-order valence-corrected chi connectivity index (χ3v) is 2.28. The highest BCUT2D eigenvalue weighted by Gasteiger charge is 1.95. The van der Waals surface area contributed by atoms with E-state index in [4.69, 9.17) is 5.73 Å². The van der Waals surface area contributed by atoms with Gasteiger partial charge in [-0.05, 0) is 12.1 Å². The summed E-state index contributed by atoms with van der Waals surface area (Å²) in [5.74, 6) is 0. The van der Waals surface area contributed by atoms with Gasteiger partial charge in [0.15, 0.2) is 0 Å². The zero-order chi connectivity index (χ0) is 6.97. The highest BCUT2D eigenvalue weighted by molar-refractivity contribution is 7.22. The van der Waals surface area contributed by atoms with Crippen LogP contribution in [0.1, 0.15) is 0 Å². The maximum Gasteiger partial charge on any atom is 0.0869 e. The van der Waals surface area contributed by atoms with Crippen molar-refractivity contribution in [3.05, 3.63) is 24.5 Å². The summed E-state index contributed by atoms with van der Waals surface area (Å²) in [5, 5.41) is 1.98. The molecule has 2 N–H and O–H groups in total. The molecule has 11 heavy (non-hydrogen) atoms. The molecule has 0 fully saturated rings. The quantitative estimate of drug-likeness (QED) is 0.686. The van der Waals surface area contributed by atoms with Crippen molar-refractivity contribution >= 4 is 38.8 Å². The number of nitrogens with two attached hydrogens (primary N) is 1. The lowest BCUT2D eigenvalue weighted by Crippen LogP contribution is -1.72. The zero-order valence-electron chi connectivity index (χ0n) is 5.65. The summed E-state index contributed by atoms with van der Waals surface area (Å²) >= 11 is 1.59. The summed E-state index contributed by atoms with van der Waals surface area (Å²) in [4.78, 5) is 3.98. The van der Waals surface area contributed by atoms with E-state index in [-0.39, 0.29) is 12.4 Å². The number of aromatic nitrogens is 1. The van der Waals surface area contributed by atoms with Crippen molar-refractivity contribution in [1.29, 1.82) is 0 Å². The van der Waals surface area contributed by atoms with Gasteiger partial charge in [-0.2, -0.15) is 0 Å². The molecule has 2 nitrogen and oxygen atoms in total. The fourth-order valence-electron chi connectivity index (χ4n) is 0.905. The van der Waals surface area contributed by atoms with Crippen molar-refractivity contribution < 1.29 is 0 Å². The number of hydrogen-bond donors (Lipinski definition) is 1. The Kier molecular flexibility index (Phi) is 2.31. The Balaban J connectivity index is 0.000000605. The second kappa shape index (κ2) is 3.07. The topological polar surface area (TPSA) is 38.9 Å². The second-order valence-electron chi connectivity index (χ2n) is 2.06. The van der Waals surface area contributed by atoms with Crippen molar-refractivity contribution in [2.24, 2.45) is 0 Å². The molecule has 2 rings (SSSR count). The molecule has 4 heteroatoms. The minimum Gasteiger partial charge on any atom is -0.391 e. The van der Waals surface area contributed by atoms with E-state index in [2.05, 4.69) is 4.98 Å². The standard InChI is InChI=1S/C7H6N2S.ClH/c8-7-3-5-4-9-2-1-6(5)10-7;/h1-4H,8H2;1H. The molecule has 2 aromatic rings. The Bertz CT molecular complexity index is 325. The molecule has 0 saturated carbocycles. The molecule has 0 bridgehead atoms. The Labute approximate surface area is 74.5 Å². The van der Waals surface area contributed by atoms with Crippen molar-refractivity contribution in [2.75, 3.05) is 5.73 Å². The van der Waals surface area contributed by atoms with Crippen LogP contribution in [-0.2, 0) is 0 Å². The van der Waals surface area contributed by atoms with Crippen LogP contribution in [-0.4, -0.2) is 4.98 Å². The highest BCUT2D eigenvalue weighted by Crippen LogP contribution is 2.25. The van der Waals surface area contributed by atoms with Crippen LogP contribution in [0.5, 0.6) is 0 Å². The number of hydrogen-bond acceptors (Lipinski definition) is 3. The summed E-state index contributed by atoms with van der Waals surface area (Å²) in [6.45, 7) is 0. The maximum atomic E-state index is 5.58. The SMILES string of the molecule is Cl.Nc1cc2cnccc2s1. The Morgan fingerprint density at radius 1 is 1.45 bits per heavy atom. The van der Waals surface area contributed by atoms with Gasteiger partial charge in [-0.25, -0.2) is 0 Å². The average Bonchev–Trinajstić information content (AvgIpc) is 2.27. The molecule has 0 aromatic carbocycles. The molecule has 0 aliphatic carbocycles. The lowest BCUT2D eigenvalue weighted by molar-refractivity contribution is 1.37. The Morgan fingerprint density at radius 2 is 2.27 bits per heavy atom. The van der Waals surface area contributed by atoms with E-state index < -0.39 is 0 Å². The average molecular weight is 187 g/mol. The molecule has 58 valence electrons. The van der Waals surface area contributed by atoms with Crippen LogP contribution in [0.4, 0.5) is 5.00 Å². The number of halogens is 1. The van der Waals surface area contributed by atoms with Gasteiger partial charge in [0, 0.05) is 22.5 Å². The minimum absolute atomic E-state index is 0. The number of thiophene rings is 1.